The first-order valence-electron chi connectivity index (χ1n) is 5.69. The third-order valence-electron chi connectivity index (χ3n) is 3.13. The Morgan fingerprint density at radius 3 is 2.62 bits per heavy atom. The Bertz CT molecular complexity index is 283. The first kappa shape index (κ1) is 12.9. The van der Waals surface area contributed by atoms with E-state index in [9.17, 15) is 14.0 Å². The summed E-state index contributed by atoms with van der Waals surface area (Å²) in [5.74, 6) is -0.319. The van der Waals surface area contributed by atoms with Crippen molar-refractivity contribution < 1.29 is 14.0 Å². The molecule has 1 saturated heterocycles. The average molecular weight is 230 g/mol. The topological polar surface area (TPSA) is 49.4 Å². The van der Waals surface area contributed by atoms with Gasteiger partial charge in [0.1, 0.15) is 18.8 Å². The second-order valence-electron chi connectivity index (χ2n) is 4.28. The van der Waals surface area contributed by atoms with Gasteiger partial charge in [-0.05, 0) is 12.8 Å². The summed E-state index contributed by atoms with van der Waals surface area (Å²) in [7, 11) is 0. The smallest absolute Gasteiger partial charge is 0.245 e. The van der Waals surface area contributed by atoms with Crippen LogP contribution in [0.5, 0.6) is 0 Å². The second-order valence-corrected chi connectivity index (χ2v) is 4.28. The van der Waals surface area contributed by atoms with E-state index in [1.807, 2.05) is 13.8 Å². The van der Waals surface area contributed by atoms with Crippen LogP contribution in [-0.4, -0.2) is 42.0 Å². The molecule has 3 atom stereocenters. The van der Waals surface area contributed by atoms with E-state index in [0.717, 1.165) is 6.42 Å². The van der Waals surface area contributed by atoms with Crippen molar-refractivity contribution >= 4 is 11.8 Å². The van der Waals surface area contributed by atoms with Gasteiger partial charge in [0.2, 0.25) is 11.8 Å². The molecule has 0 radical (unpaired) electrons. The van der Waals surface area contributed by atoms with Crippen LogP contribution in [-0.2, 0) is 9.59 Å². The molecule has 1 rings (SSSR count). The van der Waals surface area contributed by atoms with Gasteiger partial charge in [-0.2, -0.15) is 0 Å². The first-order chi connectivity index (χ1) is 7.52. The predicted molar refractivity (Wildman–Crippen MR) is 58.5 cm³/mol. The molecule has 0 aromatic heterocycles. The quantitative estimate of drug-likeness (QED) is 0.773. The van der Waals surface area contributed by atoms with Crippen LogP contribution in [0.3, 0.4) is 0 Å². The summed E-state index contributed by atoms with van der Waals surface area (Å²) in [5, 5.41) is 2.63. The van der Waals surface area contributed by atoms with Crippen LogP contribution in [0.15, 0.2) is 0 Å². The van der Waals surface area contributed by atoms with E-state index in [4.69, 9.17) is 0 Å². The number of rotatable bonds is 4. The molecule has 0 bridgehead atoms. The van der Waals surface area contributed by atoms with Crippen molar-refractivity contribution in [3.63, 3.8) is 0 Å². The Hall–Kier alpha value is -1.13. The van der Waals surface area contributed by atoms with Gasteiger partial charge in [0.25, 0.3) is 0 Å². The Labute approximate surface area is 95.2 Å². The molecule has 1 fully saturated rings. The highest BCUT2D eigenvalue weighted by molar-refractivity contribution is 5.96. The van der Waals surface area contributed by atoms with Gasteiger partial charge < -0.3 is 10.2 Å². The van der Waals surface area contributed by atoms with E-state index in [0.29, 0.717) is 0 Å². The van der Waals surface area contributed by atoms with Gasteiger partial charge in [0.05, 0.1) is 0 Å². The van der Waals surface area contributed by atoms with Crippen LogP contribution < -0.4 is 5.32 Å². The molecule has 1 N–H and O–H groups in total. The highest BCUT2D eigenvalue weighted by atomic mass is 19.1. The Balaban J connectivity index is 2.91. The number of hydrogen-bond donors (Lipinski definition) is 1. The number of nitrogens with one attached hydrogen (secondary N) is 1. The fourth-order valence-electron chi connectivity index (χ4n) is 2.02. The van der Waals surface area contributed by atoms with E-state index >= 15 is 0 Å². The Morgan fingerprint density at radius 1 is 1.50 bits per heavy atom. The molecule has 4 nitrogen and oxygen atoms in total. The number of piperazine rings is 1. The minimum Gasteiger partial charge on any atom is -0.343 e. The minimum absolute atomic E-state index is 0.00556. The van der Waals surface area contributed by atoms with E-state index in [1.165, 1.54) is 4.90 Å². The molecule has 0 aromatic rings. The lowest BCUT2D eigenvalue weighted by molar-refractivity contribution is -0.151. The van der Waals surface area contributed by atoms with Gasteiger partial charge >= 0.3 is 0 Å². The van der Waals surface area contributed by atoms with Gasteiger partial charge in [-0.1, -0.05) is 20.3 Å². The second kappa shape index (κ2) is 5.27. The third-order valence-corrected chi connectivity index (χ3v) is 3.13. The van der Waals surface area contributed by atoms with Crippen molar-refractivity contribution in [1.29, 1.82) is 0 Å². The lowest BCUT2D eigenvalue weighted by Crippen LogP contribution is -2.64. The molecule has 5 heteroatoms. The van der Waals surface area contributed by atoms with E-state index in [1.54, 1.807) is 6.92 Å². The monoisotopic (exact) mass is 230 g/mol. The average Bonchev–Trinajstić information content (AvgIpc) is 2.25. The fraction of sp³-hybridized carbons (Fsp3) is 0.818. The fourth-order valence-corrected chi connectivity index (χ4v) is 2.02. The summed E-state index contributed by atoms with van der Waals surface area (Å²) in [4.78, 5) is 25.0. The number of halogens is 1. The zero-order valence-electron chi connectivity index (χ0n) is 10.00. The number of amides is 2. The minimum atomic E-state index is -0.612. The van der Waals surface area contributed by atoms with Crippen molar-refractivity contribution in [3.8, 4) is 0 Å². The number of nitrogens with zero attached hydrogens (tertiary/aromatic N) is 1. The van der Waals surface area contributed by atoms with Crippen LogP contribution in [0, 0.1) is 5.92 Å². The van der Waals surface area contributed by atoms with Crippen molar-refractivity contribution in [2.24, 2.45) is 5.92 Å². The molecular weight excluding hydrogens is 211 g/mol. The standard InChI is InChI=1S/C11H19FN2O2/c1-4-7(2)9-10(15)13-8(3)11(16)14(9)6-5-12/h7-9H,4-6H2,1-3H3,(H,13,15). The van der Waals surface area contributed by atoms with Gasteiger partial charge in [-0.25, -0.2) is 4.39 Å². The molecule has 92 valence electrons. The van der Waals surface area contributed by atoms with E-state index < -0.39 is 18.8 Å². The molecule has 3 unspecified atom stereocenters. The van der Waals surface area contributed by atoms with Crippen LogP contribution in [0.25, 0.3) is 0 Å². The first-order valence-corrected chi connectivity index (χ1v) is 5.69. The number of carbonyl (C=O) groups excluding carboxylic acids is 2. The number of carbonyl (C=O) groups is 2. The van der Waals surface area contributed by atoms with Crippen molar-refractivity contribution in [2.75, 3.05) is 13.2 Å². The highest BCUT2D eigenvalue weighted by Gasteiger charge is 2.40. The van der Waals surface area contributed by atoms with Gasteiger partial charge in [0, 0.05) is 6.54 Å². The summed E-state index contributed by atoms with van der Waals surface area (Å²) >= 11 is 0. The lowest BCUT2D eigenvalue weighted by atomic mass is 9.94. The maximum atomic E-state index is 12.4. The Morgan fingerprint density at radius 2 is 2.12 bits per heavy atom. The molecule has 2 amide bonds. The largest absolute Gasteiger partial charge is 0.343 e. The van der Waals surface area contributed by atoms with Gasteiger partial charge in [-0.15, -0.1) is 0 Å². The molecule has 0 aromatic carbocycles. The third kappa shape index (κ3) is 2.33. The summed E-state index contributed by atoms with van der Waals surface area (Å²) in [6, 6.07) is -1.07. The molecule has 1 aliphatic rings. The summed E-state index contributed by atoms with van der Waals surface area (Å²) in [6.45, 7) is 4.87. The molecule has 16 heavy (non-hydrogen) atoms. The van der Waals surface area contributed by atoms with Crippen molar-refractivity contribution in [3.05, 3.63) is 0 Å². The molecule has 0 spiro atoms. The zero-order valence-corrected chi connectivity index (χ0v) is 10.00. The molecule has 1 heterocycles. The SMILES string of the molecule is CCC(C)C1C(=O)NC(C)C(=O)N1CCF. The maximum Gasteiger partial charge on any atom is 0.245 e. The van der Waals surface area contributed by atoms with Crippen LogP contribution in [0.2, 0.25) is 0 Å². The normalized spacial score (nSPS) is 27.9. The van der Waals surface area contributed by atoms with Crippen molar-refractivity contribution in [2.45, 2.75) is 39.3 Å². The lowest BCUT2D eigenvalue weighted by Gasteiger charge is -2.40. The van der Waals surface area contributed by atoms with Crippen LogP contribution in [0.1, 0.15) is 27.2 Å². The Kier molecular flexibility index (Phi) is 4.26. The molecule has 0 aliphatic carbocycles. The zero-order chi connectivity index (χ0) is 12.3. The molecule has 1 aliphatic heterocycles. The van der Waals surface area contributed by atoms with Gasteiger partial charge in [-0.3, -0.25) is 9.59 Å². The van der Waals surface area contributed by atoms with Gasteiger partial charge in [0.15, 0.2) is 0 Å². The maximum absolute atomic E-state index is 12.4. The van der Waals surface area contributed by atoms with Crippen LogP contribution >= 0.6 is 0 Å². The summed E-state index contributed by atoms with van der Waals surface area (Å²) < 4.78 is 12.4. The highest BCUT2D eigenvalue weighted by Crippen LogP contribution is 2.19. The van der Waals surface area contributed by atoms with Crippen LogP contribution in [0.4, 0.5) is 4.39 Å². The van der Waals surface area contributed by atoms with E-state index in [2.05, 4.69) is 5.32 Å². The summed E-state index contributed by atoms with van der Waals surface area (Å²) in [5.41, 5.74) is 0. The van der Waals surface area contributed by atoms with Crippen molar-refractivity contribution in [1.82, 2.24) is 10.2 Å². The number of alkyl halides is 1. The molecular formula is C11H19FN2O2. The molecule has 0 saturated carbocycles. The van der Waals surface area contributed by atoms with E-state index in [-0.39, 0.29) is 24.3 Å². The summed E-state index contributed by atoms with van der Waals surface area (Å²) in [6.07, 6.45) is 0.780. The predicted octanol–water partition coefficient (Wildman–Crippen LogP) is 0.717. The number of hydrogen-bond acceptors (Lipinski definition) is 2.